The number of carbonyl (C=O) groups excluding carboxylic acids is 1. The van der Waals surface area contributed by atoms with Gasteiger partial charge in [-0.05, 0) is 11.5 Å². The number of rotatable bonds is 3. The van der Waals surface area contributed by atoms with Gasteiger partial charge in [0.05, 0.1) is 0 Å². The van der Waals surface area contributed by atoms with Crippen LogP contribution in [0, 0.1) is 0 Å². The van der Waals surface area contributed by atoms with Gasteiger partial charge in [-0.3, -0.25) is 4.79 Å². The lowest BCUT2D eigenvalue weighted by molar-refractivity contribution is -0.109. The minimum atomic E-state index is 0. The fourth-order valence-corrected chi connectivity index (χ4v) is 1.45. The predicted molar refractivity (Wildman–Crippen MR) is 59.1 cm³/mol. The Morgan fingerprint density at radius 1 is 1.07 bits per heavy atom. The summed E-state index contributed by atoms with van der Waals surface area (Å²) in [7, 11) is 0. The highest BCUT2D eigenvalue weighted by Crippen LogP contribution is 2.24. The van der Waals surface area contributed by atoms with Gasteiger partial charge in [0.2, 0.25) is 0 Å². The van der Waals surface area contributed by atoms with Gasteiger partial charge in [-0.2, -0.15) is 0 Å². The van der Waals surface area contributed by atoms with Gasteiger partial charge in [0.15, 0.2) is 6.29 Å². The second-order valence-corrected chi connectivity index (χ2v) is 2.95. The van der Waals surface area contributed by atoms with Gasteiger partial charge in [-0.25, -0.2) is 0 Å². The van der Waals surface area contributed by atoms with E-state index in [9.17, 15) is 4.79 Å². The van der Waals surface area contributed by atoms with E-state index in [-0.39, 0.29) is 12.1 Å². The van der Waals surface area contributed by atoms with Gasteiger partial charge < -0.3 is 10.2 Å². The summed E-state index contributed by atoms with van der Waals surface area (Å²) in [6, 6.07) is 13.7. The summed E-state index contributed by atoms with van der Waals surface area (Å²) < 4.78 is 5.30. The molecule has 2 rings (SSSR count). The zero-order chi connectivity index (χ0) is 9.80. The fourth-order valence-electron chi connectivity index (χ4n) is 1.45. The van der Waals surface area contributed by atoms with Crippen LogP contribution in [0.15, 0.2) is 42.5 Å². The zero-order valence-electron chi connectivity index (χ0n) is 8.14. The van der Waals surface area contributed by atoms with E-state index in [1.54, 1.807) is 0 Å². The van der Waals surface area contributed by atoms with Crippen LogP contribution in [0.1, 0.15) is 0 Å². The van der Waals surface area contributed by atoms with Crippen molar-refractivity contribution in [3.8, 4) is 5.75 Å². The van der Waals surface area contributed by atoms with Crippen LogP contribution in [-0.4, -0.2) is 18.4 Å². The summed E-state index contributed by atoms with van der Waals surface area (Å²) in [6.45, 7) is 0.105. The van der Waals surface area contributed by atoms with Crippen LogP contribution in [0.2, 0.25) is 0 Å². The number of carbonyl (C=O) groups is 1. The SMILES string of the molecule is O.O=CCOc1cccc2ccccc12. The molecule has 2 aromatic rings. The summed E-state index contributed by atoms with van der Waals surface area (Å²) in [5.41, 5.74) is 0. The van der Waals surface area contributed by atoms with Gasteiger partial charge in [0, 0.05) is 5.39 Å². The summed E-state index contributed by atoms with van der Waals surface area (Å²) in [5.74, 6) is 0.759. The second kappa shape index (κ2) is 5.12. The molecule has 0 heterocycles. The highest BCUT2D eigenvalue weighted by Gasteiger charge is 1.99. The minimum Gasteiger partial charge on any atom is -0.486 e. The molecule has 0 bridgehead atoms. The number of fused-ring (bicyclic) bond motifs is 1. The molecular formula is C12H12O3. The Bertz CT molecular complexity index is 446. The number of ether oxygens (including phenoxy) is 1. The molecule has 0 aliphatic carbocycles. The third-order valence-electron chi connectivity index (χ3n) is 2.06. The maximum atomic E-state index is 10.2. The van der Waals surface area contributed by atoms with Crippen LogP contribution >= 0.6 is 0 Å². The number of hydrogen-bond donors (Lipinski definition) is 0. The average Bonchev–Trinajstić information content (AvgIpc) is 2.26. The zero-order valence-corrected chi connectivity index (χ0v) is 8.14. The van der Waals surface area contributed by atoms with Crippen LogP contribution in [0.3, 0.4) is 0 Å². The quantitative estimate of drug-likeness (QED) is 0.713. The molecule has 78 valence electrons. The molecule has 0 unspecified atom stereocenters. The summed E-state index contributed by atoms with van der Waals surface area (Å²) in [5, 5.41) is 2.16. The van der Waals surface area contributed by atoms with E-state index in [0.717, 1.165) is 22.8 Å². The molecule has 0 atom stereocenters. The molecule has 2 N–H and O–H groups in total. The van der Waals surface area contributed by atoms with Crippen LogP contribution in [-0.2, 0) is 4.79 Å². The molecule has 0 aromatic heterocycles. The van der Waals surface area contributed by atoms with E-state index >= 15 is 0 Å². The molecule has 0 saturated heterocycles. The van der Waals surface area contributed by atoms with Gasteiger partial charge >= 0.3 is 0 Å². The Morgan fingerprint density at radius 3 is 2.60 bits per heavy atom. The Balaban J connectivity index is 0.00000112. The van der Waals surface area contributed by atoms with E-state index in [1.165, 1.54) is 0 Å². The van der Waals surface area contributed by atoms with Crippen molar-refractivity contribution in [2.24, 2.45) is 0 Å². The first-order chi connectivity index (χ1) is 6.92. The molecular weight excluding hydrogens is 192 g/mol. The Morgan fingerprint density at radius 2 is 1.80 bits per heavy atom. The smallest absolute Gasteiger partial charge is 0.157 e. The lowest BCUT2D eigenvalue weighted by Gasteiger charge is -2.05. The first kappa shape index (κ1) is 11.2. The maximum absolute atomic E-state index is 10.2. The molecule has 0 aliphatic heterocycles. The lowest BCUT2D eigenvalue weighted by atomic mass is 10.1. The van der Waals surface area contributed by atoms with E-state index in [4.69, 9.17) is 4.74 Å². The van der Waals surface area contributed by atoms with Crippen LogP contribution in [0.4, 0.5) is 0 Å². The van der Waals surface area contributed by atoms with Crippen molar-refractivity contribution in [3.05, 3.63) is 42.5 Å². The summed E-state index contributed by atoms with van der Waals surface area (Å²) in [6.07, 6.45) is 0.752. The Hall–Kier alpha value is -1.87. The van der Waals surface area contributed by atoms with Crippen molar-refractivity contribution in [2.45, 2.75) is 0 Å². The van der Waals surface area contributed by atoms with Crippen LogP contribution in [0.5, 0.6) is 5.75 Å². The van der Waals surface area contributed by atoms with Crippen molar-refractivity contribution in [3.63, 3.8) is 0 Å². The summed E-state index contributed by atoms with van der Waals surface area (Å²) >= 11 is 0. The molecule has 0 saturated carbocycles. The normalized spacial score (nSPS) is 9.33. The van der Waals surface area contributed by atoms with E-state index in [2.05, 4.69) is 0 Å². The van der Waals surface area contributed by atoms with Crippen molar-refractivity contribution >= 4 is 17.1 Å². The molecule has 0 spiro atoms. The molecule has 0 fully saturated rings. The largest absolute Gasteiger partial charge is 0.486 e. The standard InChI is InChI=1S/C12H10O2.H2O/c13-8-9-14-12-7-3-5-10-4-1-2-6-11(10)12;/h1-8H,9H2;1H2. The molecule has 0 amide bonds. The van der Waals surface area contributed by atoms with Crippen molar-refractivity contribution in [1.29, 1.82) is 0 Å². The van der Waals surface area contributed by atoms with Gasteiger partial charge in [-0.1, -0.05) is 36.4 Å². The predicted octanol–water partition coefficient (Wildman–Crippen LogP) is 1.59. The topological polar surface area (TPSA) is 57.8 Å². The summed E-state index contributed by atoms with van der Waals surface area (Å²) in [4.78, 5) is 10.2. The molecule has 15 heavy (non-hydrogen) atoms. The lowest BCUT2D eigenvalue weighted by Crippen LogP contribution is -1.97. The van der Waals surface area contributed by atoms with E-state index in [0.29, 0.717) is 0 Å². The number of hydrogen-bond acceptors (Lipinski definition) is 2. The minimum absolute atomic E-state index is 0. The third-order valence-corrected chi connectivity index (χ3v) is 2.06. The molecule has 2 aromatic carbocycles. The highest BCUT2D eigenvalue weighted by atomic mass is 16.5. The van der Waals surface area contributed by atoms with E-state index in [1.807, 2.05) is 42.5 Å². The third kappa shape index (κ3) is 2.33. The van der Waals surface area contributed by atoms with Gasteiger partial charge in [0.1, 0.15) is 12.4 Å². The van der Waals surface area contributed by atoms with E-state index < -0.39 is 0 Å². The van der Waals surface area contributed by atoms with Gasteiger partial charge in [-0.15, -0.1) is 0 Å². The molecule has 3 heteroatoms. The number of benzene rings is 2. The average molecular weight is 204 g/mol. The highest BCUT2D eigenvalue weighted by molar-refractivity contribution is 5.88. The first-order valence-corrected chi connectivity index (χ1v) is 4.46. The molecule has 3 nitrogen and oxygen atoms in total. The molecule has 0 radical (unpaired) electrons. The second-order valence-electron chi connectivity index (χ2n) is 2.95. The van der Waals surface area contributed by atoms with Crippen LogP contribution in [0.25, 0.3) is 10.8 Å². The maximum Gasteiger partial charge on any atom is 0.157 e. The van der Waals surface area contributed by atoms with Crippen molar-refractivity contribution < 1.29 is 15.0 Å². The Labute approximate surface area is 87.6 Å². The van der Waals surface area contributed by atoms with Gasteiger partial charge in [0.25, 0.3) is 0 Å². The monoisotopic (exact) mass is 204 g/mol. The van der Waals surface area contributed by atoms with Crippen molar-refractivity contribution in [2.75, 3.05) is 6.61 Å². The Kier molecular flexibility index (Phi) is 3.83. The number of aldehydes is 1. The fraction of sp³-hybridized carbons (Fsp3) is 0.0833. The molecule has 0 aliphatic rings. The first-order valence-electron chi connectivity index (χ1n) is 4.46. The van der Waals surface area contributed by atoms with Crippen molar-refractivity contribution in [1.82, 2.24) is 0 Å². The van der Waals surface area contributed by atoms with Crippen LogP contribution < -0.4 is 4.74 Å².